The van der Waals surface area contributed by atoms with E-state index in [1.54, 1.807) is 7.11 Å². The van der Waals surface area contributed by atoms with Crippen molar-refractivity contribution in [2.45, 2.75) is 46.0 Å². The first-order valence-electron chi connectivity index (χ1n) is 7.31. The minimum absolute atomic E-state index is 0.111. The SMILES string of the molecule is COCCNC(=O)CC(c1ccc(C(C)C)s1)C(C)C. The number of amides is 1. The standard InChI is InChI=1S/C16H27NO2S/c1-11(2)13(10-16(18)17-8-9-19-5)15-7-6-14(20-15)12(3)4/h6-7,11-13H,8-10H2,1-5H3,(H,17,18). The second-order valence-corrected chi connectivity index (χ2v) is 6.94. The summed E-state index contributed by atoms with van der Waals surface area (Å²) in [6.07, 6.45) is 0.555. The predicted molar refractivity (Wildman–Crippen MR) is 85.5 cm³/mol. The van der Waals surface area contributed by atoms with Gasteiger partial charge in [-0.2, -0.15) is 0 Å². The zero-order valence-electron chi connectivity index (χ0n) is 13.2. The van der Waals surface area contributed by atoms with Gasteiger partial charge in [0, 0.05) is 35.7 Å². The van der Waals surface area contributed by atoms with Crippen molar-refractivity contribution in [3.05, 3.63) is 21.9 Å². The van der Waals surface area contributed by atoms with Crippen molar-refractivity contribution in [1.29, 1.82) is 0 Å². The summed E-state index contributed by atoms with van der Waals surface area (Å²) in [6, 6.07) is 4.38. The molecule has 0 aliphatic rings. The van der Waals surface area contributed by atoms with Crippen LogP contribution in [-0.4, -0.2) is 26.2 Å². The average molecular weight is 297 g/mol. The van der Waals surface area contributed by atoms with E-state index in [0.717, 1.165) is 0 Å². The van der Waals surface area contributed by atoms with Crippen molar-refractivity contribution < 1.29 is 9.53 Å². The third kappa shape index (κ3) is 5.25. The van der Waals surface area contributed by atoms with Crippen LogP contribution in [0.15, 0.2) is 12.1 Å². The summed E-state index contributed by atoms with van der Waals surface area (Å²) in [5.41, 5.74) is 0. The van der Waals surface area contributed by atoms with E-state index in [1.165, 1.54) is 9.75 Å². The van der Waals surface area contributed by atoms with Crippen LogP contribution in [0.3, 0.4) is 0 Å². The highest BCUT2D eigenvalue weighted by Gasteiger charge is 2.21. The molecule has 0 aromatic carbocycles. The summed E-state index contributed by atoms with van der Waals surface area (Å²) in [4.78, 5) is 14.7. The number of carbonyl (C=O) groups is 1. The van der Waals surface area contributed by atoms with Gasteiger partial charge >= 0.3 is 0 Å². The number of carbonyl (C=O) groups excluding carboxylic acids is 1. The molecule has 1 N–H and O–H groups in total. The summed E-state index contributed by atoms with van der Waals surface area (Å²) >= 11 is 1.84. The fourth-order valence-electron chi connectivity index (χ4n) is 2.11. The van der Waals surface area contributed by atoms with Crippen LogP contribution in [0.2, 0.25) is 0 Å². The fraction of sp³-hybridized carbons (Fsp3) is 0.688. The summed E-state index contributed by atoms with van der Waals surface area (Å²) in [6.45, 7) is 9.93. The van der Waals surface area contributed by atoms with Crippen molar-refractivity contribution in [2.75, 3.05) is 20.3 Å². The minimum atomic E-state index is 0.111. The molecule has 1 heterocycles. The van der Waals surface area contributed by atoms with E-state index in [9.17, 15) is 4.79 Å². The normalized spacial score (nSPS) is 12.9. The summed E-state index contributed by atoms with van der Waals surface area (Å²) < 4.78 is 4.95. The molecule has 20 heavy (non-hydrogen) atoms. The highest BCUT2D eigenvalue weighted by Crippen LogP contribution is 2.35. The number of methoxy groups -OCH3 is 1. The lowest BCUT2D eigenvalue weighted by atomic mass is 9.90. The van der Waals surface area contributed by atoms with Gasteiger partial charge in [0.05, 0.1) is 6.61 Å². The van der Waals surface area contributed by atoms with Gasteiger partial charge in [0.25, 0.3) is 0 Å². The van der Waals surface area contributed by atoms with Gasteiger partial charge in [-0.15, -0.1) is 11.3 Å². The van der Waals surface area contributed by atoms with Gasteiger partial charge in [-0.3, -0.25) is 4.79 Å². The van der Waals surface area contributed by atoms with Crippen LogP contribution in [0.25, 0.3) is 0 Å². The Bertz CT molecular complexity index is 412. The number of hydrogen-bond donors (Lipinski definition) is 1. The van der Waals surface area contributed by atoms with E-state index in [1.807, 2.05) is 11.3 Å². The maximum absolute atomic E-state index is 12.0. The molecule has 0 bridgehead atoms. The summed E-state index contributed by atoms with van der Waals surface area (Å²) in [7, 11) is 1.64. The molecule has 1 aromatic rings. The van der Waals surface area contributed by atoms with Crippen molar-refractivity contribution in [3.63, 3.8) is 0 Å². The molecular weight excluding hydrogens is 270 g/mol. The van der Waals surface area contributed by atoms with Gasteiger partial charge in [0.2, 0.25) is 5.91 Å². The Balaban J connectivity index is 2.66. The van der Waals surface area contributed by atoms with Crippen LogP contribution in [-0.2, 0) is 9.53 Å². The largest absolute Gasteiger partial charge is 0.383 e. The number of rotatable bonds is 8. The predicted octanol–water partition coefficient (Wildman–Crippen LogP) is 3.76. The Labute approximate surface area is 126 Å². The van der Waals surface area contributed by atoms with Crippen molar-refractivity contribution in [2.24, 2.45) is 5.92 Å². The fourth-order valence-corrected chi connectivity index (χ4v) is 3.39. The van der Waals surface area contributed by atoms with E-state index in [-0.39, 0.29) is 5.91 Å². The van der Waals surface area contributed by atoms with Crippen LogP contribution in [0, 0.1) is 5.92 Å². The molecule has 0 saturated carbocycles. The molecule has 0 aliphatic carbocycles. The van der Waals surface area contributed by atoms with Crippen LogP contribution in [0.4, 0.5) is 0 Å². The van der Waals surface area contributed by atoms with E-state index >= 15 is 0 Å². The van der Waals surface area contributed by atoms with Crippen LogP contribution < -0.4 is 5.32 Å². The third-order valence-corrected chi connectivity index (χ3v) is 4.94. The maximum atomic E-state index is 12.0. The summed E-state index contributed by atoms with van der Waals surface area (Å²) in [5.74, 6) is 1.43. The minimum Gasteiger partial charge on any atom is -0.383 e. The Morgan fingerprint density at radius 2 is 1.90 bits per heavy atom. The molecule has 1 rings (SSSR count). The molecule has 1 amide bonds. The number of thiophene rings is 1. The first-order valence-corrected chi connectivity index (χ1v) is 8.12. The highest BCUT2D eigenvalue weighted by atomic mass is 32.1. The smallest absolute Gasteiger partial charge is 0.220 e. The van der Waals surface area contributed by atoms with Gasteiger partial charge in [-0.05, 0) is 24.0 Å². The Kier molecular flexibility index (Phi) is 7.24. The van der Waals surface area contributed by atoms with Gasteiger partial charge in [-0.25, -0.2) is 0 Å². The molecule has 0 saturated heterocycles. The van der Waals surface area contributed by atoms with Crippen molar-refractivity contribution in [1.82, 2.24) is 5.32 Å². The molecule has 1 atom stereocenters. The second kappa shape index (κ2) is 8.42. The number of hydrogen-bond acceptors (Lipinski definition) is 3. The highest BCUT2D eigenvalue weighted by molar-refractivity contribution is 7.12. The average Bonchev–Trinajstić information content (AvgIpc) is 2.85. The molecule has 0 radical (unpaired) electrons. The van der Waals surface area contributed by atoms with Crippen LogP contribution >= 0.6 is 11.3 Å². The number of ether oxygens (including phenoxy) is 1. The molecule has 0 spiro atoms. The lowest BCUT2D eigenvalue weighted by Gasteiger charge is -2.19. The monoisotopic (exact) mass is 297 g/mol. The molecule has 4 heteroatoms. The Hall–Kier alpha value is -0.870. The molecule has 1 unspecified atom stereocenters. The van der Waals surface area contributed by atoms with Crippen LogP contribution in [0.5, 0.6) is 0 Å². The lowest BCUT2D eigenvalue weighted by molar-refractivity contribution is -0.121. The lowest BCUT2D eigenvalue weighted by Crippen LogP contribution is -2.29. The van der Waals surface area contributed by atoms with Gasteiger partial charge < -0.3 is 10.1 Å². The summed E-state index contributed by atoms with van der Waals surface area (Å²) in [5, 5.41) is 2.91. The van der Waals surface area contributed by atoms with E-state index in [4.69, 9.17) is 4.74 Å². The molecule has 0 fully saturated rings. The molecule has 0 aliphatic heterocycles. The third-order valence-electron chi connectivity index (χ3n) is 3.42. The molecular formula is C16H27NO2S. The maximum Gasteiger partial charge on any atom is 0.220 e. The van der Waals surface area contributed by atoms with E-state index in [0.29, 0.717) is 37.3 Å². The Morgan fingerprint density at radius 3 is 2.40 bits per heavy atom. The van der Waals surface area contributed by atoms with Gasteiger partial charge in [0.15, 0.2) is 0 Å². The van der Waals surface area contributed by atoms with Gasteiger partial charge in [-0.1, -0.05) is 27.7 Å². The first-order chi connectivity index (χ1) is 9.45. The zero-order valence-corrected chi connectivity index (χ0v) is 14.0. The van der Waals surface area contributed by atoms with E-state index in [2.05, 4.69) is 45.1 Å². The van der Waals surface area contributed by atoms with E-state index < -0.39 is 0 Å². The molecule has 114 valence electrons. The number of nitrogens with one attached hydrogen (secondary N) is 1. The van der Waals surface area contributed by atoms with Crippen LogP contribution in [0.1, 0.15) is 55.7 Å². The van der Waals surface area contributed by atoms with Crippen molar-refractivity contribution in [3.8, 4) is 0 Å². The molecule has 3 nitrogen and oxygen atoms in total. The first kappa shape index (κ1) is 17.2. The molecule has 1 aromatic heterocycles. The second-order valence-electron chi connectivity index (χ2n) is 5.79. The Morgan fingerprint density at radius 1 is 1.25 bits per heavy atom. The topological polar surface area (TPSA) is 38.3 Å². The van der Waals surface area contributed by atoms with Gasteiger partial charge in [0.1, 0.15) is 0 Å². The van der Waals surface area contributed by atoms with Crippen molar-refractivity contribution >= 4 is 17.2 Å². The zero-order chi connectivity index (χ0) is 15.1. The quantitative estimate of drug-likeness (QED) is 0.742.